The van der Waals surface area contributed by atoms with Gasteiger partial charge in [0.2, 0.25) is 0 Å². The van der Waals surface area contributed by atoms with Crippen molar-refractivity contribution in [1.29, 1.82) is 0 Å². The predicted molar refractivity (Wildman–Crippen MR) is 40.8 cm³/mol. The van der Waals surface area contributed by atoms with Gasteiger partial charge in [-0.1, -0.05) is 6.58 Å². The molecule has 0 N–H and O–H groups in total. The lowest BCUT2D eigenvalue weighted by Crippen LogP contribution is -1.94. The molecule has 2 nitrogen and oxygen atoms in total. The van der Waals surface area contributed by atoms with Crippen molar-refractivity contribution in [2.24, 2.45) is 0 Å². The molecule has 5 heteroatoms. The third-order valence-electron chi connectivity index (χ3n) is 0.417. The van der Waals surface area contributed by atoms with Gasteiger partial charge in [0, 0.05) is 6.08 Å². The Hall–Kier alpha value is 0.220. The van der Waals surface area contributed by atoms with E-state index < -0.39 is 12.2 Å². The Bertz CT molecular complexity index is 129. The highest BCUT2D eigenvalue weighted by molar-refractivity contribution is 8.13. The van der Waals surface area contributed by atoms with E-state index in [0.717, 1.165) is 6.08 Å². The fourth-order valence-electron chi connectivity index (χ4n) is 0.195. The molecule has 0 atom stereocenters. The molecule has 0 fully saturated rings. The van der Waals surface area contributed by atoms with E-state index in [2.05, 4.69) is 11.1 Å². The zero-order valence-corrected chi connectivity index (χ0v) is 7.21. The summed E-state index contributed by atoms with van der Waals surface area (Å²) in [6.45, 7) is 4.63. The molecule has 0 heterocycles. The lowest BCUT2D eigenvalue weighted by molar-refractivity contribution is -0.128. The Morgan fingerprint density at radius 2 is 2.22 bits per heavy atom. The van der Waals surface area contributed by atoms with Crippen molar-refractivity contribution in [3.05, 3.63) is 12.7 Å². The molecular formula is C4H6Cl2O2P+. The normalized spacial score (nSPS) is 10.6. The molecule has 0 rings (SSSR count). The summed E-state index contributed by atoms with van der Waals surface area (Å²) in [4.78, 5) is 10.3. The van der Waals surface area contributed by atoms with Crippen LogP contribution < -0.4 is 0 Å². The van der Waals surface area contributed by atoms with Crippen LogP contribution in [0.3, 0.4) is 0 Å². The van der Waals surface area contributed by atoms with Crippen LogP contribution in [-0.2, 0) is 9.32 Å². The quantitative estimate of drug-likeness (QED) is 0.491. The van der Waals surface area contributed by atoms with Crippen LogP contribution in [0.1, 0.15) is 0 Å². The Morgan fingerprint density at radius 3 is 2.33 bits per heavy atom. The second-order valence-corrected chi connectivity index (χ2v) is 7.35. The van der Waals surface area contributed by atoms with E-state index in [1.54, 1.807) is 0 Å². The predicted octanol–water partition coefficient (Wildman–Crippen LogP) is 2.59. The minimum Gasteiger partial charge on any atom is -0.272 e. The molecule has 0 amide bonds. The lowest BCUT2D eigenvalue weighted by atomic mass is 10.7. The minimum atomic E-state index is -2.46. The van der Waals surface area contributed by atoms with E-state index in [-0.39, 0.29) is 0 Å². The van der Waals surface area contributed by atoms with Crippen molar-refractivity contribution in [2.45, 2.75) is 0 Å². The van der Waals surface area contributed by atoms with Gasteiger partial charge in [0.1, 0.15) is 6.66 Å². The van der Waals surface area contributed by atoms with Gasteiger partial charge in [0.25, 0.3) is 0 Å². The van der Waals surface area contributed by atoms with Gasteiger partial charge in [-0.25, -0.2) is 4.79 Å². The number of hydrogen-bond donors (Lipinski definition) is 0. The Morgan fingerprint density at radius 1 is 1.78 bits per heavy atom. The molecule has 0 aromatic rings. The highest BCUT2D eigenvalue weighted by Crippen LogP contribution is 2.66. The van der Waals surface area contributed by atoms with Crippen molar-refractivity contribution in [1.82, 2.24) is 0 Å². The Labute approximate surface area is 63.8 Å². The molecule has 0 saturated heterocycles. The molecule has 0 bridgehead atoms. The van der Waals surface area contributed by atoms with Crippen molar-refractivity contribution in [3.63, 3.8) is 0 Å². The number of rotatable bonds is 2. The Kier molecular flexibility index (Phi) is 3.49. The summed E-state index contributed by atoms with van der Waals surface area (Å²) in [5, 5.41) is 0. The second-order valence-electron chi connectivity index (χ2n) is 1.34. The molecule has 0 unspecified atom stereocenters. The highest BCUT2D eigenvalue weighted by Gasteiger charge is 2.32. The average Bonchev–Trinajstić information content (AvgIpc) is 1.62. The molecule has 0 aliphatic carbocycles. The summed E-state index contributed by atoms with van der Waals surface area (Å²) in [7, 11) is 0. The van der Waals surface area contributed by atoms with Gasteiger partial charge in [0.15, 0.2) is 22.5 Å². The van der Waals surface area contributed by atoms with Crippen LogP contribution in [0, 0.1) is 0 Å². The van der Waals surface area contributed by atoms with Crippen molar-refractivity contribution >= 4 is 34.6 Å². The molecule has 0 radical (unpaired) electrons. The zero-order chi connectivity index (χ0) is 7.49. The van der Waals surface area contributed by atoms with Gasteiger partial charge in [-0.05, 0) is 0 Å². The molecule has 0 aromatic heterocycles. The molecule has 9 heavy (non-hydrogen) atoms. The van der Waals surface area contributed by atoms with Crippen molar-refractivity contribution in [2.75, 3.05) is 6.66 Å². The SMILES string of the molecule is C=CC(=O)O[P+](C)(Cl)Cl. The van der Waals surface area contributed by atoms with Gasteiger partial charge in [-0.2, -0.15) is 0 Å². The van der Waals surface area contributed by atoms with Gasteiger partial charge in [-0.15, -0.1) is 0 Å². The smallest absolute Gasteiger partial charge is 0.272 e. The highest BCUT2D eigenvalue weighted by atomic mass is 35.9. The molecule has 0 spiro atoms. The van der Waals surface area contributed by atoms with Gasteiger partial charge < -0.3 is 0 Å². The summed E-state index contributed by atoms with van der Waals surface area (Å²) in [5.41, 5.74) is 0. The fourth-order valence-corrected chi connectivity index (χ4v) is 0.994. The minimum absolute atomic E-state index is 0.587. The van der Waals surface area contributed by atoms with Gasteiger partial charge >= 0.3 is 12.2 Å². The largest absolute Gasteiger partial charge is 0.385 e. The fraction of sp³-hybridized carbons (Fsp3) is 0.250. The van der Waals surface area contributed by atoms with Crippen molar-refractivity contribution < 1.29 is 9.32 Å². The van der Waals surface area contributed by atoms with E-state index >= 15 is 0 Å². The summed E-state index contributed by atoms with van der Waals surface area (Å²) in [6.07, 6.45) is -1.45. The number of carbonyl (C=O) groups excluding carboxylic acids is 1. The second kappa shape index (κ2) is 3.40. The van der Waals surface area contributed by atoms with E-state index in [1.807, 2.05) is 0 Å². The van der Waals surface area contributed by atoms with Crippen LogP contribution in [0.15, 0.2) is 12.7 Å². The third-order valence-corrected chi connectivity index (χ3v) is 1.33. The standard InChI is InChI=1S/C4H6Cl2O2P/c1-3-4(7)8-9(2,5)6/h3H,1H2,2H3/q+1. The van der Waals surface area contributed by atoms with Gasteiger partial charge in [-0.3, -0.25) is 4.52 Å². The topological polar surface area (TPSA) is 26.3 Å². The van der Waals surface area contributed by atoms with E-state index in [1.165, 1.54) is 6.66 Å². The maximum Gasteiger partial charge on any atom is 0.385 e. The summed E-state index contributed by atoms with van der Waals surface area (Å²) >= 11 is 10.8. The van der Waals surface area contributed by atoms with Crippen LogP contribution in [0.25, 0.3) is 0 Å². The summed E-state index contributed by atoms with van der Waals surface area (Å²) < 4.78 is 4.47. The van der Waals surface area contributed by atoms with Crippen LogP contribution in [-0.4, -0.2) is 12.6 Å². The maximum atomic E-state index is 10.3. The molecule has 0 aliphatic heterocycles. The lowest BCUT2D eigenvalue weighted by Gasteiger charge is -1.98. The first-order valence-electron chi connectivity index (χ1n) is 2.07. The van der Waals surface area contributed by atoms with Crippen molar-refractivity contribution in [3.8, 4) is 0 Å². The third kappa shape index (κ3) is 6.10. The van der Waals surface area contributed by atoms with Crippen LogP contribution in [0.2, 0.25) is 0 Å². The summed E-state index contributed by atoms with van der Waals surface area (Å²) in [6, 6.07) is 0. The summed E-state index contributed by atoms with van der Waals surface area (Å²) in [5.74, 6) is -0.587. The number of halogens is 2. The molecule has 0 saturated carbocycles. The molecular weight excluding hydrogens is 182 g/mol. The number of carbonyl (C=O) groups is 1. The van der Waals surface area contributed by atoms with Crippen LogP contribution in [0.4, 0.5) is 0 Å². The first-order valence-corrected chi connectivity index (χ1v) is 6.04. The molecule has 52 valence electrons. The van der Waals surface area contributed by atoms with Crippen LogP contribution in [0.5, 0.6) is 0 Å². The van der Waals surface area contributed by atoms with Gasteiger partial charge in [0.05, 0.1) is 0 Å². The molecule has 0 aliphatic rings. The Balaban J connectivity index is 3.74. The first kappa shape index (κ1) is 9.22. The monoisotopic (exact) mass is 187 g/mol. The van der Waals surface area contributed by atoms with E-state index in [0.29, 0.717) is 0 Å². The molecule has 0 aromatic carbocycles. The van der Waals surface area contributed by atoms with E-state index in [9.17, 15) is 4.79 Å². The number of hydrogen-bond acceptors (Lipinski definition) is 2. The first-order chi connectivity index (χ1) is 3.95. The zero-order valence-electron chi connectivity index (χ0n) is 4.80. The van der Waals surface area contributed by atoms with E-state index in [4.69, 9.17) is 22.5 Å². The van der Waals surface area contributed by atoms with Crippen LogP contribution >= 0.6 is 28.7 Å². The maximum absolute atomic E-state index is 10.3. The average molecular weight is 188 g/mol.